The van der Waals surface area contributed by atoms with Crippen LogP contribution in [0.4, 0.5) is 0 Å². The van der Waals surface area contributed by atoms with Crippen LogP contribution in [-0.4, -0.2) is 15.0 Å². The second-order valence-corrected chi connectivity index (χ2v) is 3.45. The van der Waals surface area contributed by atoms with Crippen LogP contribution in [0.5, 0.6) is 0 Å². The predicted molar refractivity (Wildman–Crippen MR) is 52.5 cm³/mol. The maximum absolute atomic E-state index is 4.42. The fraction of sp³-hybridized carbons (Fsp3) is 0.222. The Morgan fingerprint density at radius 3 is 2.92 bits per heavy atom. The third-order valence-electron chi connectivity index (χ3n) is 1.70. The molecule has 0 aliphatic carbocycles. The summed E-state index contributed by atoms with van der Waals surface area (Å²) < 4.78 is 0. The topological polar surface area (TPSA) is 38.7 Å². The zero-order chi connectivity index (χ0) is 9.10. The molecule has 0 saturated carbocycles. The van der Waals surface area contributed by atoms with Gasteiger partial charge in [0.15, 0.2) is 0 Å². The lowest BCUT2D eigenvalue weighted by molar-refractivity contribution is 1.06. The molecule has 13 heavy (non-hydrogen) atoms. The first-order valence-corrected chi connectivity index (χ1v) is 4.99. The van der Waals surface area contributed by atoms with E-state index in [1.165, 1.54) is 0 Å². The van der Waals surface area contributed by atoms with Gasteiger partial charge in [0, 0.05) is 17.8 Å². The maximum atomic E-state index is 4.42. The number of rotatable bonds is 2. The van der Waals surface area contributed by atoms with E-state index in [0.29, 0.717) is 0 Å². The highest BCUT2D eigenvalue weighted by molar-refractivity contribution is 7.13. The molecule has 0 fully saturated rings. The van der Waals surface area contributed by atoms with Crippen molar-refractivity contribution in [2.75, 3.05) is 0 Å². The van der Waals surface area contributed by atoms with Gasteiger partial charge in [-0.05, 0) is 6.42 Å². The normalized spacial score (nSPS) is 10.2. The zero-order valence-electron chi connectivity index (χ0n) is 7.27. The van der Waals surface area contributed by atoms with Crippen LogP contribution in [0, 0.1) is 0 Å². The highest BCUT2D eigenvalue weighted by atomic mass is 32.1. The average molecular weight is 191 g/mol. The van der Waals surface area contributed by atoms with Crippen molar-refractivity contribution < 1.29 is 0 Å². The molecule has 0 atom stereocenters. The van der Waals surface area contributed by atoms with E-state index in [1.807, 2.05) is 0 Å². The van der Waals surface area contributed by atoms with Crippen molar-refractivity contribution in [2.24, 2.45) is 0 Å². The molecule has 4 heteroatoms. The number of aryl methyl sites for hydroxylation is 1. The molecule has 0 aliphatic heterocycles. The highest BCUT2D eigenvalue weighted by Gasteiger charge is 2.03. The van der Waals surface area contributed by atoms with E-state index in [2.05, 4.69) is 27.3 Å². The fourth-order valence-corrected chi connectivity index (χ4v) is 1.86. The molecular formula is C9H9N3S. The number of nitrogens with zero attached hydrogens (tertiary/aromatic N) is 3. The van der Waals surface area contributed by atoms with E-state index in [1.54, 1.807) is 29.9 Å². The van der Waals surface area contributed by atoms with E-state index < -0.39 is 0 Å². The summed E-state index contributed by atoms with van der Waals surface area (Å²) >= 11 is 1.61. The minimum atomic E-state index is 0.854. The van der Waals surface area contributed by atoms with Gasteiger partial charge in [0.2, 0.25) is 0 Å². The Morgan fingerprint density at radius 2 is 2.31 bits per heavy atom. The lowest BCUT2D eigenvalue weighted by Gasteiger charge is -1.91. The van der Waals surface area contributed by atoms with Crippen LogP contribution in [-0.2, 0) is 6.42 Å². The summed E-state index contributed by atoms with van der Waals surface area (Å²) in [4.78, 5) is 12.6. The van der Waals surface area contributed by atoms with Crippen molar-refractivity contribution in [1.82, 2.24) is 15.0 Å². The SMILES string of the molecule is CCc1csc(-c2cnccn2)n1. The van der Waals surface area contributed by atoms with Gasteiger partial charge in [0.1, 0.15) is 10.7 Å². The van der Waals surface area contributed by atoms with Gasteiger partial charge in [0.25, 0.3) is 0 Å². The van der Waals surface area contributed by atoms with Gasteiger partial charge in [-0.1, -0.05) is 6.92 Å². The monoisotopic (exact) mass is 191 g/mol. The Bertz CT molecular complexity index is 383. The van der Waals surface area contributed by atoms with Crippen LogP contribution in [0.1, 0.15) is 12.6 Å². The molecule has 0 N–H and O–H groups in total. The Hall–Kier alpha value is -1.29. The molecule has 2 aromatic heterocycles. The minimum Gasteiger partial charge on any atom is -0.261 e. The van der Waals surface area contributed by atoms with E-state index in [-0.39, 0.29) is 0 Å². The molecular weight excluding hydrogens is 182 g/mol. The number of hydrogen-bond acceptors (Lipinski definition) is 4. The third kappa shape index (κ3) is 1.72. The summed E-state index contributed by atoms with van der Waals surface area (Å²) in [6, 6.07) is 0. The molecule has 0 aliphatic rings. The van der Waals surface area contributed by atoms with Crippen molar-refractivity contribution in [2.45, 2.75) is 13.3 Å². The molecule has 66 valence electrons. The van der Waals surface area contributed by atoms with Gasteiger partial charge in [-0.25, -0.2) is 4.98 Å². The van der Waals surface area contributed by atoms with Crippen LogP contribution in [0.3, 0.4) is 0 Å². The second-order valence-electron chi connectivity index (χ2n) is 2.59. The first-order valence-electron chi connectivity index (χ1n) is 4.11. The Labute approximate surface area is 80.5 Å². The third-order valence-corrected chi connectivity index (χ3v) is 2.61. The van der Waals surface area contributed by atoms with Crippen LogP contribution >= 0.6 is 11.3 Å². The van der Waals surface area contributed by atoms with E-state index in [9.17, 15) is 0 Å². The summed E-state index contributed by atoms with van der Waals surface area (Å²) in [6.07, 6.45) is 6.05. The van der Waals surface area contributed by atoms with Gasteiger partial charge in [-0.15, -0.1) is 11.3 Å². The standard InChI is InChI=1S/C9H9N3S/c1-2-7-6-13-9(12-7)8-5-10-3-4-11-8/h3-6H,2H2,1H3. The second kappa shape index (κ2) is 3.62. The molecule has 0 radical (unpaired) electrons. The highest BCUT2D eigenvalue weighted by Crippen LogP contribution is 2.20. The molecule has 2 heterocycles. The Balaban J connectivity index is 2.36. The molecule has 0 spiro atoms. The first-order chi connectivity index (χ1) is 6.40. The van der Waals surface area contributed by atoms with E-state index in [4.69, 9.17) is 0 Å². The summed E-state index contributed by atoms with van der Waals surface area (Å²) in [6.45, 7) is 2.09. The smallest absolute Gasteiger partial charge is 0.143 e. The van der Waals surface area contributed by atoms with Crippen molar-refractivity contribution in [3.63, 3.8) is 0 Å². The summed E-state index contributed by atoms with van der Waals surface area (Å²) in [5.74, 6) is 0. The van der Waals surface area contributed by atoms with Crippen LogP contribution < -0.4 is 0 Å². The van der Waals surface area contributed by atoms with Gasteiger partial charge in [-0.3, -0.25) is 9.97 Å². The average Bonchev–Trinajstić information content (AvgIpc) is 2.67. The lowest BCUT2D eigenvalue weighted by Crippen LogP contribution is -1.84. The number of thiazole rings is 1. The minimum absolute atomic E-state index is 0.854. The lowest BCUT2D eigenvalue weighted by atomic mass is 10.4. The summed E-state index contributed by atoms with van der Waals surface area (Å²) in [5.41, 5.74) is 1.97. The number of hydrogen-bond donors (Lipinski definition) is 0. The van der Waals surface area contributed by atoms with Crippen LogP contribution in [0.2, 0.25) is 0 Å². The maximum Gasteiger partial charge on any atom is 0.143 e. The molecule has 0 aromatic carbocycles. The molecule has 0 amide bonds. The summed E-state index contributed by atoms with van der Waals surface area (Å²) in [7, 11) is 0. The molecule has 2 aromatic rings. The van der Waals surface area contributed by atoms with Gasteiger partial charge in [-0.2, -0.15) is 0 Å². The van der Waals surface area contributed by atoms with Crippen molar-refractivity contribution in [1.29, 1.82) is 0 Å². The predicted octanol–water partition coefficient (Wildman–Crippen LogP) is 2.16. The van der Waals surface area contributed by atoms with E-state index in [0.717, 1.165) is 22.8 Å². The van der Waals surface area contributed by atoms with E-state index >= 15 is 0 Å². The van der Waals surface area contributed by atoms with Crippen LogP contribution in [0.25, 0.3) is 10.7 Å². The summed E-state index contributed by atoms with van der Waals surface area (Å²) in [5, 5.41) is 3.01. The van der Waals surface area contributed by atoms with Gasteiger partial charge < -0.3 is 0 Å². The molecule has 0 saturated heterocycles. The van der Waals surface area contributed by atoms with Gasteiger partial charge in [0.05, 0.1) is 11.9 Å². The van der Waals surface area contributed by atoms with Crippen molar-refractivity contribution in [3.05, 3.63) is 29.7 Å². The zero-order valence-corrected chi connectivity index (χ0v) is 8.08. The fourth-order valence-electron chi connectivity index (χ4n) is 0.997. The van der Waals surface area contributed by atoms with Crippen molar-refractivity contribution in [3.8, 4) is 10.7 Å². The molecule has 3 nitrogen and oxygen atoms in total. The van der Waals surface area contributed by atoms with Gasteiger partial charge >= 0.3 is 0 Å². The Kier molecular flexibility index (Phi) is 2.31. The molecule has 0 unspecified atom stereocenters. The Morgan fingerprint density at radius 1 is 1.38 bits per heavy atom. The quantitative estimate of drug-likeness (QED) is 0.730. The number of aromatic nitrogens is 3. The van der Waals surface area contributed by atoms with Crippen LogP contribution in [0.15, 0.2) is 24.0 Å². The van der Waals surface area contributed by atoms with Crippen molar-refractivity contribution >= 4 is 11.3 Å². The first kappa shape index (κ1) is 8.31. The molecule has 2 rings (SSSR count). The molecule has 0 bridgehead atoms. The largest absolute Gasteiger partial charge is 0.261 e.